The first-order valence-electron chi connectivity index (χ1n) is 7.77. The number of hydrogen-bond acceptors (Lipinski definition) is 5. The van der Waals surface area contributed by atoms with Gasteiger partial charge in [0.1, 0.15) is 11.4 Å². The van der Waals surface area contributed by atoms with Gasteiger partial charge in [-0.1, -0.05) is 0 Å². The third-order valence-electron chi connectivity index (χ3n) is 3.29. The molecule has 1 N–H and O–H groups in total. The summed E-state index contributed by atoms with van der Waals surface area (Å²) in [6, 6.07) is 0. The maximum atomic E-state index is 12.0. The Labute approximate surface area is 126 Å². The van der Waals surface area contributed by atoms with Gasteiger partial charge in [0, 0.05) is 19.7 Å². The molecule has 0 saturated heterocycles. The van der Waals surface area contributed by atoms with Crippen molar-refractivity contribution in [2.24, 2.45) is 10.9 Å². The zero-order valence-corrected chi connectivity index (χ0v) is 13.4. The molecule has 2 aliphatic rings. The average molecular weight is 297 g/mol. The van der Waals surface area contributed by atoms with Crippen LogP contribution in [0.1, 0.15) is 33.6 Å². The number of amides is 1. The van der Waals surface area contributed by atoms with Gasteiger partial charge in [0.05, 0.1) is 19.7 Å². The number of aliphatic imine (C=N–C) groups is 1. The van der Waals surface area contributed by atoms with E-state index in [9.17, 15) is 4.79 Å². The zero-order valence-electron chi connectivity index (χ0n) is 13.4. The summed E-state index contributed by atoms with van der Waals surface area (Å²) in [5.74, 6) is 1.63. The van der Waals surface area contributed by atoms with Crippen LogP contribution in [0.15, 0.2) is 4.99 Å². The van der Waals surface area contributed by atoms with Gasteiger partial charge in [0.2, 0.25) is 0 Å². The van der Waals surface area contributed by atoms with Crippen LogP contribution in [0.25, 0.3) is 0 Å². The largest absolute Gasteiger partial charge is 0.444 e. The van der Waals surface area contributed by atoms with Crippen LogP contribution in [-0.4, -0.2) is 61.8 Å². The van der Waals surface area contributed by atoms with Crippen LogP contribution >= 0.6 is 0 Å². The second-order valence-electron chi connectivity index (χ2n) is 6.68. The van der Waals surface area contributed by atoms with Crippen LogP contribution in [0.4, 0.5) is 4.79 Å². The number of nitrogens with zero attached hydrogens (tertiary/aromatic N) is 2. The standard InChI is InChI=1S/C15H27N3O3/c1-15(2,3)21-14(19)18-8-6-16-13(10-18)17-7-9-20-11-12-4-5-12/h12H,4-11H2,1-3H3,(H,16,17). The number of hydrogen-bond donors (Lipinski definition) is 1. The minimum Gasteiger partial charge on any atom is -0.444 e. The summed E-state index contributed by atoms with van der Waals surface area (Å²) in [5.41, 5.74) is -0.462. The van der Waals surface area contributed by atoms with E-state index in [4.69, 9.17) is 9.47 Å². The van der Waals surface area contributed by atoms with Crippen molar-refractivity contribution < 1.29 is 14.3 Å². The lowest BCUT2D eigenvalue weighted by atomic mass is 10.2. The Hall–Kier alpha value is -1.30. The molecule has 120 valence electrons. The fourth-order valence-electron chi connectivity index (χ4n) is 2.01. The molecule has 0 atom stereocenters. The fourth-order valence-corrected chi connectivity index (χ4v) is 2.01. The maximum absolute atomic E-state index is 12.0. The number of rotatable bonds is 5. The molecule has 0 aromatic rings. The highest BCUT2D eigenvalue weighted by Crippen LogP contribution is 2.28. The Morgan fingerprint density at radius 2 is 2.19 bits per heavy atom. The van der Waals surface area contributed by atoms with E-state index in [-0.39, 0.29) is 6.09 Å². The zero-order chi connectivity index (χ0) is 15.3. The van der Waals surface area contributed by atoms with E-state index in [0.717, 1.165) is 24.9 Å². The van der Waals surface area contributed by atoms with Gasteiger partial charge in [-0.3, -0.25) is 9.89 Å². The Balaban J connectivity index is 1.64. The lowest BCUT2D eigenvalue weighted by Crippen LogP contribution is -2.47. The van der Waals surface area contributed by atoms with Gasteiger partial charge in [0.25, 0.3) is 0 Å². The van der Waals surface area contributed by atoms with Crippen molar-refractivity contribution in [3.63, 3.8) is 0 Å². The molecule has 0 radical (unpaired) electrons. The van der Waals surface area contributed by atoms with Gasteiger partial charge in [-0.05, 0) is 39.5 Å². The van der Waals surface area contributed by atoms with Gasteiger partial charge in [-0.2, -0.15) is 0 Å². The molecular weight excluding hydrogens is 270 g/mol. The van der Waals surface area contributed by atoms with E-state index in [0.29, 0.717) is 26.2 Å². The lowest BCUT2D eigenvalue weighted by molar-refractivity contribution is 0.0276. The van der Waals surface area contributed by atoms with Crippen molar-refractivity contribution in [3.05, 3.63) is 0 Å². The predicted octanol–water partition coefficient (Wildman–Crippen LogP) is 1.65. The van der Waals surface area contributed by atoms with Gasteiger partial charge in [-0.25, -0.2) is 4.79 Å². The molecule has 6 nitrogen and oxygen atoms in total. The van der Waals surface area contributed by atoms with Crippen molar-refractivity contribution in [2.75, 3.05) is 39.4 Å². The van der Waals surface area contributed by atoms with Crippen molar-refractivity contribution in [1.82, 2.24) is 10.2 Å². The number of carbonyl (C=O) groups is 1. The smallest absolute Gasteiger partial charge is 0.410 e. The summed E-state index contributed by atoms with van der Waals surface area (Å²) in [6.07, 6.45) is 2.34. The first-order valence-corrected chi connectivity index (χ1v) is 7.77. The van der Waals surface area contributed by atoms with Crippen LogP contribution in [0, 0.1) is 5.92 Å². The van der Waals surface area contributed by atoms with Gasteiger partial charge in [-0.15, -0.1) is 0 Å². The third kappa shape index (κ3) is 6.33. The van der Waals surface area contributed by atoms with E-state index in [2.05, 4.69) is 10.3 Å². The quantitative estimate of drug-likeness (QED) is 0.784. The topological polar surface area (TPSA) is 63.2 Å². The Bertz CT molecular complexity index is 386. The molecule has 21 heavy (non-hydrogen) atoms. The van der Waals surface area contributed by atoms with Crippen molar-refractivity contribution in [3.8, 4) is 0 Å². The van der Waals surface area contributed by atoms with Crippen molar-refractivity contribution in [2.45, 2.75) is 39.2 Å². The molecule has 0 aromatic heterocycles. The van der Waals surface area contributed by atoms with E-state index >= 15 is 0 Å². The SMILES string of the molecule is CC(C)(C)OC(=O)N1CCN=C(NCCOCC2CC2)C1. The summed E-state index contributed by atoms with van der Waals surface area (Å²) in [6.45, 7) is 9.62. The molecule has 1 amide bonds. The molecule has 1 aliphatic carbocycles. The first-order chi connectivity index (χ1) is 9.94. The first kappa shape index (κ1) is 16.1. The maximum Gasteiger partial charge on any atom is 0.410 e. The van der Waals surface area contributed by atoms with Crippen LogP contribution in [0.2, 0.25) is 0 Å². The Morgan fingerprint density at radius 1 is 1.43 bits per heavy atom. The van der Waals surface area contributed by atoms with Crippen molar-refractivity contribution in [1.29, 1.82) is 0 Å². The van der Waals surface area contributed by atoms with E-state index in [1.807, 2.05) is 20.8 Å². The second-order valence-corrected chi connectivity index (χ2v) is 6.68. The molecule has 0 bridgehead atoms. The third-order valence-corrected chi connectivity index (χ3v) is 3.29. The Morgan fingerprint density at radius 3 is 2.86 bits per heavy atom. The van der Waals surface area contributed by atoms with Gasteiger partial charge >= 0.3 is 6.09 Å². The molecule has 1 aliphatic heterocycles. The minimum atomic E-state index is -0.462. The summed E-state index contributed by atoms with van der Waals surface area (Å²) in [5, 5.41) is 3.24. The summed E-state index contributed by atoms with van der Waals surface area (Å²) in [7, 11) is 0. The molecule has 2 rings (SSSR count). The summed E-state index contributed by atoms with van der Waals surface area (Å²) >= 11 is 0. The molecule has 1 saturated carbocycles. The van der Waals surface area contributed by atoms with Gasteiger partial charge < -0.3 is 14.8 Å². The van der Waals surface area contributed by atoms with Crippen LogP contribution in [0.3, 0.4) is 0 Å². The normalized spacial score (nSPS) is 19.2. The van der Waals surface area contributed by atoms with Crippen LogP contribution in [0.5, 0.6) is 0 Å². The number of ether oxygens (including phenoxy) is 2. The van der Waals surface area contributed by atoms with E-state index in [1.165, 1.54) is 12.8 Å². The molecule has 0 spiro atoms. The van der Waals surface area contributed by atoms with Crippen LogP contribution < -0.4 is 5.32 Å². The van der Waals surface area contributed by atoms with E-state index < -0.39 is 5.60 Å². The number of nitrogens with one attached hydrogen (secondary N) is 1. The van der Waals surface area contributed by atoms with Crippen LogP contribution in [-0.2, 0) is 9.47 Å². The molecular formula is C15H27N3O3. The van der Waals surface area contributed by atoms with Gasteiger partial charge in [0.15, 0.2) is 0 Å². The predicted molar refractivity (Wildman–Crippen MR) is 81.7 cm³/mol. The molecule has 6 heteroatoms. The lowest BCUT2D eigenvalue weighted by Gasteiger charge is -2.29. The summed E-state index contributed by atoms with van der Waals surface area (Å²) in [4.78, 5) is 18.1. The molecule has 0 aromatic carbocycles. The minimum absolute atomic E-state index is 0.276. The highest BCUT2D eigenvalue weighted by molar-refractivity contribution is 5.87. The van der Waals surface area contributed by atoms with E-state index in [1.54, 1.807) is 4.90 Å². The second kappa shape index (κ2) is 7.11. The number of carbonyl (C=O) groups excluding carboxylic acids is 1. The Kier molecular flexibility index (Phi) is 5.45. The molecule has 0 unspecified atom stereocenters. The molecule has 1 fully saturated rings. The molecule has 1 heterocycles. The monoisotopic (exact) mass is 297 g/mol. The van der Waals surface area contributed by atoms with Crippen molar-refractivity contribution >= 4 is 11.9 Å². The highest BCUT2D eigenvalue weighted by atomic mass is 16.6. The fraction of sp³-hybridized carbons (Fsp3) is 0.867. The number of amidine groups is 1. The summed E-state index contributed by atoms with van der Waals surface area (Å²) < 4.78 is 10.9. The highest BCUT2D eigenvalue weighted by Gasteiger charge is 2.25. The average Bonchev–Trinajstić information content (AvgIpc) is 3.21.